The van der Waals surface area contributed by atoms with Gasteiger partial charge in [-0.05, 0) is 43.4 Å². The molecular formula is C16H13FN2S. The van der Waals surface area contributed by atoms with E-state index in [-0.39, 0.29) is 5.82 Å². The van der Waals surface area contributed by atoms with Crippen LogP contribution in [0.5, 0.6) is 0 Å². The Hall–Kier alpha value is -1.99. The summed E-state index contributed by atoms with van der Waals surface area (Å²) in [4.78, 5) is 4.51. The highest BCUT2D eigenvalue weighted by Crippen LogP contribution is 2.34. The van der Waals surface area contributed by atoms with Gasteiger partial charge in [0.2, 0.25) is 0 Å². The fourth-order valence-electron chi connectivity index (χ4n) is 2.50. The summed E-state index contributed by atoms with van der Waals surface area (Å²) in [6.45, 7) is 0. The van der Waals surface area contributed by atoms with Gasteiger partial charge < -0.3 is 0 Å². The van der Waals surface area contributed by atoms with E-state index in [0.29, 0.717) is 0 Å². The average Bonchev–Trinajstić information content (AvgIpc) is 3.11. The van der Waals surface area contributed by atoms with E-state index in [4.69, 9.17) is 0 Å². The highest BCUT2D eigenvalue weighted by atomic mass is 32.1. The first-order chi connectivity index (χ1) is 9.78. The van der Waals surface area contributed by atoms with E-state index in [1.54, 1.807) is 6.07 Å². The molecule has 1 aliphatic carbocycles. The van der Waals surface area contributed by atoms with Crippen LogP contribution in [0.3, 0.4) is 0 Å². The predicted octanol–water partition coefficient (Wildman–Crippen LogP) is 4.80. The summed E-state index contributed by atoms with van der Waals surface area (Å²) in [5.74, 6) is -0.272. The number of allylic oxidation sites excluding steroid dienone is 2. The highest BCUT2D eigenvalue weighted by Gasteiger charge is 2.17. The van der Waals surface area contributed by atoms with Crippen LogP contribution in [0.15, 0.2) is 35.2 Å². The molecule has 2 nitrogen and oxygen atoms in total. The molecule has 3 rings (SSSR count). The van der Waals surface area contributed by atoms with Gasteiger partial charge in [0, 0.05) is 10.9 Å². The Morgan fingerprint density at radius 1 is 1.30 bits per heavy atom. The highest BCUT2D eigenvalue weighted by molar-refractivity contribution is 7.11. The summed E-state index contributed by atoms with van der Waals surface area (Å²) >= 11 is 1.46. The Kier molecular flexibility index (Phi) is 3.62. The topological polar surface area (TPSA) is 36.7 Å². The van der Waals surface area contributed by atoms with Crippen molar-refractivity contribution in [2.45, 2.75) is 25.7 Å². The third kappa shape index (κ3) is 2.50. The maximum atomic E-state index is 13.2. The number of aromatic nitrogens is 1. The van der Waals surface area contributed by atoms with Gasteiger partial charge in [-0.1, -0.05) is 12.1 Å². The second-order valence-electron chi connectivity index (χ2n) is 4.85. The lowest BCUT2D eigenvalue weighted by Gasteiger charge is -1.99. The second-order valence-corrected chi connectivity index (χ2v) is 5.70. The molecule has 20 heavy (non-hydrogen) atoms. The molecule has 1 aromatic carbocycles. The fraction of sp³-hybridized carbons (Fsp3) is 0.250. The Labute approximate surface area is 121 Å². The largest absolute Gasteiger partial charge is 0.235 e. The maximum Gasteiger partial charge on any atom is 0.134 e. The van der Waals surface area contributed by atoms with Gasteiger partial charge in [-0.25, -0.2) is 9.37 Å². The minimum atomic E-state index is -0.272. The number of nitriles is 1. The lowest BCUT2D eigenvalue weighted by Crippen LogP contribution is -1.87. The lowest BCUT2D eigenvalue weighted by molar-refractivity contribution is 0.628. The molecule has 0 radical (unpaired) electrons. The van der Waals surface area contributed by atoms with Crippen LogP contribution in [0.4, 0.5) is 4.39 Å². The van der Waals surface area contributed by atoms with Gasteiger partial charge >= 0.3 is 0 Å². The van der Waals surface area contributed by atoms with Crippen LogP contribution in [0.1, 0.15) is 30.7 Å². The van der Waals surface area contributed by atoms with E-state index in [0.717, 1.165) is 47.5 Å². The van der Waals surface area contributed by atoms with E-state index in [2.05, 4.69) is 11.1 Å². The first kappa shape index (κ1) is 13.0. The molecule has 1 fully saturated rings. The van der Waals surface area contributed by atoms with Crippen LogP contribution in [0.25, 0.3) is 16.8 Å². The van der Waals surface area contributed by atoms with Crippen LogP contribution < -0.4 is 0 Å². The quantitative estimate of drug-likeness (QED) is 0.743. The van der Waals surface area contributed by atoms with Crippen LogP contribution in [-0.2, 0) is 0 Å². The number of halogens is 1. The van der Waals surface area contributed by atoms with Gasteiger partial charge in [-0.2, -0.15) is 5.26 Å². The molecule has 1 heterocycles. The summed E-state index contributed by atoms with van der Waals surface area (Å²) in [5, 5.41) is 12.0. The fourth-order valence-corrected chi connectivity index (χ4v) is 3.37. The first-order valence-corrected chi connectivity index (χ1v) is 7.50. The van der Waals surface area contributed by atoms with E-state index < -0.39 is 0 Å². The Morgan fingerprint density at radius 2 is 2.10 bits per heavy atom. The van der Waals surface area contributed by atoms with Crippen LogP contribution in [-0.4, -0.2) is 4.98 Å². The van der Waals surface area contributed by atoms with Crippen LogP contribution in [0.2, 0.25) is 0 Å². The average molecular weight is 284 g/mol. The molecule has 0 bridgehead atoms. The number of rotatable bonds is 2. The molecule has 0 spiro atoms. The summed E-state index contributed by atoms with van der Waals surface area (Å²) in [7, 11) is 0. The standard InChI is InChI=1S/C16H13FN2S/c17-13-7-3-6-12(8-13)15-10-20-16(19-15)14(9-18)11-4-1-2-5-11/h3,6-8,10H,1-2,4-5H2. The summed E-state index contributed by atoms with van der Waals surface area (Å²) < 4.78 is 13.2. The van der Waals surface area contributed by atoms with Crippen molar-refractivity contribution < 1.29 is 4.39 Å². The van der Waals surface area contributed by atoms with Crippen molar-refractivity contribution in [1.29, 1.82) is 5.26 Å². The molecule has 0 N–H and O–H groups in total. The normalized spacial score (nSPS) is 14.3. The monoisotopic (exact) mass is 284 g/mol. The van der Waals surface area contributed by atoms with Crippen molar-refractivity contribution in [2.75, 3.05) is 0 Å². The number of thiazole rings is 1. The predicted molar refractivity (Wildman–Crippen MR) is 78.5 cm³/mol. The Balaban J connectivity index is 1.98. The van der Waals surface area contributed by atoms with Gasteiger partial charge in [-0.3, -0.25) is 0 Å². The third-order valence-corrected chi connectivity index (χ3v) is 4.37. The molecule has 1 saturated carbocycles. The van der Waals surface area contributed by atoms with Gasteiger partial charge in [-0.15, -0.1) is 11.3 Å². The molecular weight excluding hydrogens is 271 g/mol. The molecule has 100 valence electrons. The summed E-state index contributed by atoms with van der Waals surface area (Å²) in [6.07, 6.45) is 4.31. The van der Waals surface area contributed by atoms with Crippen molar-refractivity contribution in [3.05, 3.63) is 46.0 Å². The van der Waals surface area contributed by atoms with Gasteiger partial charge in [0.1, 0.15) is 16.9 Å². The number of nitrogens with zero attached hydrogens (tertiary/aromatic N) is 2. The molecule has 1 aliphatic rings. The lowest BCUT2D eigenvalue weighted by atomic mass is 10.1. The second kappa shape index (κ2) is 5.56. The van der Waals surface area contributed by atoms with Crippen LogP contribution >= 0.6 is 11.3 Å². The number of hydrogen-bond acceptors (Lipinski definition) is 3. The molecule has 2 aromatic rings. The minimum Gasteiger partial charge on any atom is -0.235 e. The molecule has 0 amide bonds. The summed E-state index contributed by atoms with van der Waals surface area (Å²) in [5.41, 5.74) is 3.42. The summed E-state index contributed by atoms with van der Waals surface area (Å²) in [6, 6.07) is 8.67. The van der Waals surface area contributed by atoms with Gasteiger partial charge in [0.25, 0.3) is 0 Å². The van der Waals surface area contributed by atoms with E-state index in [9.17, 15) is 9.65 Å². The van der Waals surface area contributed by atoms with E-state index in [1.165, 1.54) is 29.0 Å². The SMILES string of the molecule is N#CC(=C1CCCC1)c1nc(-c2cccc(F)c2)cs1. The van der Waals surface area contributed by atoms with E-state index in [1.807, 2.05) is 11.4 Å². The molecule has 1 aromatic heterocycles. The van der Waals surface area contributed by atoms with Gasteiger partial charge in [0.05, 0.1) is 11.3 Å². The smallest absolute Gasteiger partial charge is 0.134 e. The van der Waals surface area contributed by atoms with Crippen molar-refractivity contribution >= 4 is 16.9 Å². The molecule has 4 heteroatoms. The molecule has 0 saturated heterocycles. The zero-order valence-corrected chi connectivity index (χ0v) is 11.7. The van der Waals surface area contributed by atoms with Gasteiger partial charge in [0.15, 0.2) is 0 Å². The minimum absolute atomic E-state index is 0.272. The van der Waals surface area contributed by atoms with E-state index >= 15 is 0 Å². The number of hydrogen-bond donors (Lipinski definition) is 0. The molecule has 0 atom stereocenters. The van der Waals surface area contributed by atoms with Crippen molar-refractivity contribution in [2.24, 2.45) is 0 Å². The maximum absolute atomic E-state index is 13.2. The Bertz CT molecular complexity index is 701. The zero-order chi connectivity index (χ0) is 13.9. The van der Waals surface area contributed by atoms with Crippen molar-refractivity contribution in [1.82, 2.24) is 4.98 Å². The first-order valence-electron chi connectivity index (χ1n) is 6.62. The molecule has 0 unspecified atom stereocenters. The Morgan fingerprint density at radius 3 is 2.80 bits per heavy atom. The van der Waals surface area contributed by atoms with Crippen molar-refractivity contribution in [3.63, 3.8) is 0 Å². The van der Waals surface area contributed by atoms with Crippen LogP contribution in [0, 0.1) is 17.1 Å². The van der Waals surface area contributed by atoms with Crippen molar-refractivity contribution in [3.8, 4) is 17.3 Å². The zero-order valence-electron chi connectivity index (χ0n) is 10.9. The number of benzene rings is 1. The third-order valence-electron chi connectivity index (χ3n) is 3.51. The molecule has 0 aliphatic heterocycles.